The molecule has 1 saturated carbocycles. The average molecular weight is 460 g/mol. The third-order valence-electron chi connectivity index (χ3n) is 5.30. The smallest absolute Gasteiger partial charge is 0.261 e. The Morgan fingerprint density at radius 1 is 0.909 bits per heavy atom. The van der Waals surface area contributed by atoms with E-state index in [0.29, 0.717) is 28.7 Å². The van der Waals surface area contributed by atoms with Gasteiger partial charge in [0.05, 0.1) is 4.90 Å². The Labute approximate surface area is 191 Å². The van der Waals surface area contributed by atoms with Gasteiger partial charge >= 0.3 is 0 Å². The van der Waals surface area contributed by atoms with E-state index in [2.05, 4.69) is 25.2 Å². The van der Waals surface area contributed by atoms with E-state index in [9.17, 15) is 13.2 Å². The third-order valence-corrected chi connectivity index (χ3v) is 6.70. The van der Waals surface area contributed by atoms with Crippen molar-refractivity contribution in [2.45, 2.75) is 23.7 Å². The van der Waals surface area contributed by atoms with E-state index in [0.717, 1.165) is 24.2 Å². The number of carbonyl (C=O) groups excluding carboxylic acids is 1. The van der Waals surface area contributed by atoms with Crippen LogP contribution in [0.25, 0.3) is 11.4 Å². The van der Waals surface area contributed by atoms with Crippen LogP contribution < -0.4 is 10.0 Å². The molecule has 0 unspecified atom stereocenters. The Morgan fingerprint density at radius 2 is 1.67 bits per heavy atom. The van der Waals surface area contributed by atoms with E-state index >= 15 is 0 Å². The number of aromatic amines is 1. The van der Waals surface area contributed by atoms with Crippen LogP contribution >= 0.6 is 0 Å². The van der Waals surface area contributed by atoms with Crippen molar-refractivity contribution in [3.05, 3.63) is 90.3 Å². The van der Waals surface area contributed by atoms with Gasteiger partial charge in [0, 0.05) is 28.4 Å². The summed E-state index contributed by atoms with van der Waals surface area (Å²) < 4.78 is 27.4. The molecule has 1 aliphatic rings. The Hall–Kier alpha value is -3.98. The molecule has 1 aliphatic carbocycles. The summed E-state index contributed by atoms with van der Waals surface area (Å²) in [6.45, 7) is 0. The van der Waals surface area contributed by atoms with Crippen molar-refractivity contribution in [3.8, 4) is 11.4 Å². The number of rotatable bonds is 7. The van der Waals surface area contributed by atoms with E-state index in [1.54, 1.807) is 48.5 Å². The minimum absolute atomic E-state index is 0.169. The molecule has 9 heteroatoms. The quantitative estimate of drug-likeness (QED) is 0.379. The minimum Gasteiger partial charge on any atom is -0.322 e. The summed E-state index contributed by atoms with van der Waals surface area (Å²) in [6, 6.07) is 21.7. The summed E-state index contributed by atoms with van der Waals surface area (Å²) in [5.74, 6) is 1.68. The maximum atomic E-state index is 12.7. The van der Waals surface area contributed by atoms with E-state index in [1.807, 2.05) is 18.2 Å². The number of hydrogen-bond acceptors (Lipinski definition) is 5. The van der Waals surface area contributed by atoms with Crippen LogP contribution in [0.2, 0.25) is 0 Å². The van der Waals surface area contributed by atoms with E-state index < -0.39 is 10.0 Å². The Bertz CT molecular complexity index is 1400. The minimum atomic E-state index is -3.69. The molecule has 1 heterocycles. The van der Waals surface area contributed by atoms with Crippen molar-refractivity contribution in [1.82, 2.24) is 15.2 Å². The molecule has 0 bridgehead atoms. The van der Waals surface area contributed by atoms with Gasteiger partial charge in [0.25, 0.3) is 15.9 Å². The first kappa shape index (κ1) is 20.9. The second kappa shape index (κ2) is 8.51. The maximum absolute atomic E-state index is 12.7. The second-order valence-corrected chi connectivity index (χ2v) is 9.53. The largest absolute Gasteiger partial charge is 0.322 e. The lowest BCUT2D eigenvalue weighted by Crippen LogP contribution is -2.14. The highest BCUT2D eigenvalue weighted by Gasteiger charge is 2.27. The summed E-state index contributed by atoms with van der Waals surface area (Å²) in [6.07, 6.45) is 2.27. The van der Waals surface area contributed by atoms with Crippen LogP contribution in [0, 0.1) is 0 Å². The molecule has 0 spiro atoms. The molecule has 4 aromatic rings. The van der Waals surface area contributed by atoms with Gasteiger partial charge in [-0.2, -0.15) is 5.10 Å². The van der Waals surface area contributed by atoms with Crippen molar-refractivity contribution in [2.75, 3.05) is 10.0 Å². The van der Waals surface area contributed by atoms with Gasteiger partial charge in [0.15, 0.2) is 5.82 Å². The highest BCUT2D eigenvalue weighted by Crippen LogP contribution is 2.38. The van der Waals surface area contributed by atoms with Gasteiger partial charge in [0.1, 0.15) is 5.82 Å². The second-order valence-electron chi connectivity index (χ2n) is 7.85. The van der Waals surface area contributed by atoms with Gasteiger partial charge < -0.3 is 5.32 Å². The lowest BCUT2D eigenvalue weighted by Gasteiger charge is -2.09. The first-order valence-corrected chi connectivity index (χ1v) is 12.0. The number of carbonyl (C=O) groups is 1. The molecule has 0 atom stereocenters. The van der Waals surface area contributed by atoms with Crippen LogP contribution in [-0.4, -0.2) is 29.5 Å². The number of anilines is 2. The Balaban J connectivity index is 1.26. The zero-order valence-corrected chi connectivity index (χ0v) is 18.3. The zero-order chi connectivity index (χ0) is 22.8. The predicted octanol–water partition coefficient (Wildman–Crippen LogP) is 4.40. The SMILES string of the molecule is O=C(Nc1cccc(-c2n[nH]c(C3CC3)n2)c1)c1ccc(NS(=O)(=O)c2ccccc2)cc1. The summed E-state index contributed by atoms with van der Waals surface area (Å²) in [4.78, 5) is 17.4. The van der Waals surface area contributed by atoms with Gasteiger partial charge in [-0.1, -0.05) is 30.3 Å². The lowest BCUT2D eigenvalue weighted by molar-refractivity contribution is 0.102. The summed E-state index contributed by atoms with van der Waals surface area (Å²) in [5.41, 5.74) is 2.19. The molecule has 166 valence electrons. The van der Waals surface area contributed by atoms with Crippen molar-refractivity contribution in [1.29, 1.82) is 0 Å². The summed E-state index contributed by atoms with van der Waals surface area (Å²) >= 11 is 0. The van der Waals surface area contributed by atoms with Crippen molar-refractivity contribution >= 4 is 27.3 Å². The van der Waals surface area contributed by atoms with Crippen LogP contribution in [0.15, 0.2) is 83.8 Å². The van der Waals surface area contributed by atoms with Crippen LogP contribution in [0.3, 0.4) is 0 Å². The molecule has 0 aliphatic heterocycles. The van der Waals surface area contributed by atoms with Crippen LogP contribution in [0.4, 0.5) is 11.4 Å². The molecule has 3 N–H and O–H groups in total. The highest BCUT2D eigenvalue weighted by atomic mass is 32.2. The number of amides is 1. The van der Waals surface area contributed by atoms with Crippen LogP contribution in [0.5, 0.6) is 0 Å². The van der Waals surface area contributed by atoms with E-state index in [1.165, 1.54) is 12.1 Å². The highest BCUT2D eigenvalue weighted by molar-refractivity contribution is 7.92. The molecule has 0 radical (unpaired) electrons. The van der Waals surface area contributed by atoms with E-state index in [-0.39, 0.29) is 10.8 Å². The monoisotopic (exact) mass is 459 g/mol. The fourth-order valence-corrected chi connectivity index (χ4v) is 4.47. The van der Waals surface area contributed by atoms with Crippen molar-refractivity contribution in [3.63, 3.8) is 0 Å². The molecule has 33 heavy (non-hydrogen) atoms. The standard InChI is InChI=1S/C24H21N5O3S/c30-24(17-11-13-19(14-12-17)29-33(31,32)21-7-2-1-3-8-21)25-20-6-4-5-18(15-20)23-26-22(27-28-23)16-9-10-16/h1-8,11-16,29H,9-10H2,(H,25,30)(H,26,27,28). The number of hydrogen-bond donors (Lipinski definition) is 3. The number of nitrogens with one attached hydrogen (secondary N) is 3. The number of nitrogens with zero attached hydrogens (tertiary/aromatic N) is 2. The van der Waals surface area contributed by atoms with Gasteiger partial charge in [0.2, 0.25) is 0 Å². The molecule has 1 aromatic heterocycles. The molecule has 3 aromatic carbocycles. The number of benzene rings is 3. The van der Waals surface area contributed by atoms with Gasteiger partial charge in [-0.25, -0.2) is 13.4 Å². The third kappa shape index (κ3) is 4.78. The predicted molar refractivity (Wildman–Crippen MR) is 125 cm³/mol. The molecular weight excluding hydrogens is 438 g/mol. The molecule has 0 saturated heterocycles. The average Bonchev–Trinajstić information content (AvgIpc) is 3.56. The fourth-order valence-electron chi connectivity index (χ4n) is 3.39. The number of H-pyrrole nitrogens is 1. The number of sulfonamides is 1. The summed E-state index contributed by atoms with van der Waals surface area (Å²) in [5, 5.41) is 10.1. The molecule has 1 fully saturated rings. The van der Waals surface area contributed by atoms with Crippen molar-refractivity contribution < 1.29 is 13.2 Å². The van der Waals surface area contributed by atoms with Crippen LogP contribution in [0.1, 0.15) is 34.9 Å². The van der Waals surface area contributed by atoms with Crippen molar-refractivity contribution in [2.24, 2.45) is 0 Å². The molecule has 8 nitrogen and oxygen atoms in total. The molecular formula is C24H21N5O3S. The fraction of sp³-hybridized carbons (Fsp3) is 0.125. The summed E-state index contributed by atoms with van der Waals surface area (Å²) in [7, 11) is -3.69. The lowest BCUT2D eigenvalue weighted by atomic mass is 10.1. The number of aromatic nitrogens is 3. The van der Waals surface area contributed by atoms with Gasteiger partial charge in [-0.3, -0.25) is 14.6 Å². The molecule has 5 rings (SSSR count). The Morgan fingerprint density at radius 3 is 2.39 bits per heavy atom. The van der Waals surface area contributed by atoms with Crippen LogP contribution in [-0.2, 0) is 10.0 Å². The van der Waals surface area contributed by atoms with Gasteiger partial charge in [-0.15, -0.1) is 0 Å². The Kier molecular flexibility index (Phi) is 5.39. The van der Waals surface area contributed by atoms with Gasteiger partial charge in [-0.05, 0) is 61.4 Å². The van der Waals surface area contributed by atoms with E-state index in [4.69, 9.17) is 0 Å². The maximum Gasteiger partial charge on any atom is 0.261 e. The zero-order valence-electron chi connectivity index (χ0n) is 17.5. The first-order chi connectivity index (χ1) is 16.0. The first-order valence-electron chi connectivity index (χ1n) is 10.5. The molecule has 1 amide bonds. The topological polar surface area (TPSA) is 117 Å². The normalized spacial score (nSPS) is 13.5.